The van der Waals surface area contributed by atoms with Crippen LogP contribution in [0.4, 0.5) is 0 Å². The van der Waals surface area contributed by atoms with Gasteiger partial charge in [-0.25, -0.2) is 0 Å². The van der Waals surface area contributed by atoms with Crippen molar-refractivity contribution >= 4 is 0 Å². The molecule has 0 aliphatic carbocycles. The summed E-state index contributed by atoms with van der Waals surface area (Å²) < 4.78 is 21.3. The number of hydrogen-bond acceptors (Lipinski definition) is 9. The molecule has 6 atom stereocenters. The monoisotopic (exact) mass is 358 g/mol. The molecule has 140 valence electrons. The fourth-order valence-electron chi connectivity index (χ4n) is 2.84. The van der Waals surface area contributed by atoms with Crippen LogP contribution in [0.5, 0.6) is 11.5 Å². The van der Waals surface area contributed by atoms with Crippen LogP contribution in [0.25, 0.3) is 0 Å². The van der Waals surface area contributed by atoms with E-state index in [-0.39, 0.29) is 20.0 Å². The second-order valence-corrected chi connectivity index (χ2v) is 6.02. The van der Waals surface area contributed by atoms with E-state index in [1.807, 2.05) is 0 Å². The highest BCUT2D eigenvalue weighted by molar-refractivity contribution is 5.45. The van der Waals surface area contributed by atoms with E-state index >= 15 is 0 Å². The van der Waals surface area contributed by atoms with Crippen molar-refractivity contribution in [1.29, 1.82) is 0 Å². The highest BCUT2D eigenvalue weighted by atomic mass is 16.7. The Morgan fingerprint density at radius 3 is 2.52 bits per heavy atom. The number of ether oxygens (including phenoxy) is 4. The fourth-order valence-corrected chi connectivity index (χ4v) is 2.84. The molecule has 1 aromatic rings. The topological polar surface area (TPSA) is 138 Å². The Labute approximate surface area is 143 Å². The van der Waals surface area contributed by atoms with Crippen molar-refractivity contribution in [3.05, 3.63) is 23.8 Å². The molecule has 0 aromatic heterocycles. The molecule has 0 unspecified atom stereocenters. The summed E-state index contributed by atoms with van der Waals surface area (Å²) in [6, 6.07) is 5.24. The molecule has 2 aliphatic heterocycles. The fraction of sp³-hybridized carbons (Fsp3) is 0.625. The van der Waals surface area contributed by atoms with Gasteiger partial charge in [-0.15, -0.1) is 0 Å². The summed E-state index contributed by atoms with van der Waals surface area (Å²) in [6.07, 6.45) is -6.70. The predicted octanol–water partition coefficient (Wildman–Crippen LogP) is -1.69. The zero-order chi connectivity index (χ0) is 18.0. The van der Waals surface area contributed by atoms with E-state index < -0.39 is 43.2 Å². The molecular formula is C16H22O9. The number of aliphatic hydroxyl groups is 5. The quantitative estimate of drug-likeness (QED) is 0.403. The number of rotatable bonds is 6. The van der Waals surface area contributed by atoms with E-state index in [1.54, 1.807) is 18.2 Å². The largest absolute Gasteiger partial charge is 0.454 e. The van der Waals surface area contributed by atoms with E-state index in [1.165, 1.54) is 0 Å². The van der Waals surface area contributed by atoms with Gasteiger partial charge in [0.2, 0.25) is 6.79 Å². The third-order valence-electron chi connectivity index (χ3n) is 4.40. The summed E-state index contributed by atoms with van der Waals surface area (Å²) in [5.74, 6) is 0.765. The molecule has 9 heteroatoms. The van der Waals surface area contributed by atoms with E-state index in [2.05, 4.69) is 0 Å². The standard InChI is InChI=1S/C16H22O9/c17-4-9(8-1-2-10-11(3-8)24-7-23-10)6-22-16-15(21)14(20)13(19)12(5-18)25-16/h1-3,9,12-21H,4-7H2/t9-,12+,13+,14-,15+,16-/m0/s1. The molecule has 5 N–H and O–H groups in total. The first-order valence-corrected chi connectivity index (χ1v) is 7.97. The van der Waals surface area contributed by atoms with E-state index in [4.69, 9.17) is 18.9 Å². The van der Waals surface area contributed by atoms with Crippen molar-refractivity contribution in [1.82, 2.24) is 0 Å². The Morgan fingerprint density at radius 2 is 1.80 bits per heavy atom. The Kier molecular flexibility index (Phi) is 5.74. The molecule has 0 amide bonds. The first-order chi connectivity index (χ1) is 12.0. The summed E-state index contributed by atoms with van der Waals surface area (Å²) in [5, 5.41) is 48.3. The van der Waals surface area contributed by atoms with Crippen molar-refractivity contribution in [2.45, 2.75) is 36.6 Å². The molecule has 1 fully saturated rings. The number of benzene rings is 1. The molecular weight excluding hydrogens is 336 g/mol. The Morgan fingerprint density at radius 1 is 1.04 bits per heavy atom. The Hall–Kier alpha value is -1.46. The predicted molar refractivity (Wildman–Crippen MR) is 82.1 cm³/mol. The maximum absolute atomic E-state index is 9.96. The highest BCUT2D eigenvalue weighted by Crippen LogP contribution is 2.35. The van der Waals surface area contributed by atoms with Crippen LogP contribution in [0.1, 0.15) is 11.5 Å². The van der Waals surface area contributed by atoms with Crippen LogP contribution < -0.4 is 9.47 Å². The van der Waals surface area contributed by atoms with Crippen molar-refractivity contribution in [3.63, 3.8) is 0 Å². The van der Waals surface area contributed by atoms with Gasteiger partial charge in [-0.05, 0) is 17.7 Å². The van der Waals surface area contributed by atoms with E-state index in [9.17, 15) is 25.5 Å². The van der Waals surface area contributed by atoms with Crippen molar-refractivity contribution in [3.8, 4) is 11.5 Å². The minimum Gasteiger partial charge on any atom is -0.454 e. The summed E-state index contributed by atoms with van der Waals surface area (Å²) in [7, 11) is 0. The van der Waals surface area contributed by atoms with Crippen molar-refractivity contribution < 1.29 is 44.5 Å². The van der Waals surface area contributed by atoms with Gasteiger partial charge in [-0.2, -0.15) is 0 Å². The lowest BCUT2D eigenvalue weighted by Gasteiger charge is -2.39. The highest BCUT2D eigenvalue weighted by Gasteiger charge is 2.44. The molecule has 25 heavy (non-hydrogen) atoms. The van der Waals surface area contributed by atoms with Gasteiger partial charge in [0.25, 0.3) is 0 Å². The van der Waals surface area contributed by atoms with Gasteiger partial charge in [0.05, 0.1) is 19.8 Å². The molecule has 0 radical (unpaired) electrons. The van der Waals surface area contributed by atoms with Crippen LogP contribution >= 0.6 is 0 Å². The van der Waals surface area contributed by atoms with Crippen LogP contribution in [-0.2, 0) is 9.47 Å². The van der Waals surface area contributed by atoms with Crippen molar-refractivity contribution in [2.75, 3.05) is 26.6 Å². The molecule has 0 spiro atoms. The van der Waals surface area contributed by atoms with Gasteiger partial charge in [-0.1, -0.05) is 6.07 Å². The first kappa shape index (κ1) is 18.3. The third-order valence-corrected chi connectivity index (χ3v) is 4.40. The third kappa shape index (κ3) is 3.72. The number of hydrogen-bond donors (Lipinski definition) is 5. The number of fused-ring (bicyclic) bond motifs is 1. The Balaban J connectivity index is 1.64. The van der Waals surface area contributed by atoms with Gasteiger partial charge in [0, 0.05) is 5.92 Å². The van der Waals surface area contributed by atoms with E-state index in [0.717, 1.165) is 5.56 Å². The smallest absolute Gasteiger partial charge is 0.231 e. The second-order valence-electron chi connectivity index (χ2n) is 6.02. The van der Waals surface area contributed by atoms with Crippen LogP contribution in [0, 0.1) is 0 Å². The SMILES string of the molecule is OC[C@@H](CO[C@H]1O[C@H](CO)[C@@H](O)[C@H](O)[C@H]1O)c1ccc2c(c1)OCO2. The molecule has 0 bridgehead atoms. The molecule has 2 aliphatic rings. The van der Waals surface area contributed by atoms with Gasteiger partial charge in [-0.3, -0.25) is 0 Å². The van der Waals surface area contributed by atoms with Gasteiger partial charge >= 0.3 is 0 Å². The summed E-state index contributed by atoms with van der Waals surface area (Å²) in [5.41, 5.74) is 0.747. The first-order valence-electron chi connectivity index (χ1n) is 7.97. The van der Waals surface area contributed by atoms with Crippen molar-refractivity contribution in [2.24, 2.45) is 0 Å². The van der Waals surface area contributed by atoms with E-state index in [0.29, 0.717) is 11.5 Å². The minimum absolute atomic E-state index is 0.0150. The van der Waals surface area contributed by atoms with Gasteiger partial charge in [0.15, 0.2) is 17.8 Å². The minimum atomic E-state index is -1.51. The lowest BCUT2D eigenvalue weighted by Crippen LogP contribution is -2.59. The normalized spacial score (nSPS) is 32.6. The second kappa shape index (κ2) is 7.83. The zero-order valence-electron chi connectivity index (χ0n) is 13.4. The molecule has 0 saturated carbocycles. The average Bonchev–Trinajstić information content (AvgIpc) is 3.10. The molecule has 1 saturated heterocycles. The number of aliphatic hydroxyl groups excluding tert-OH is 5. The Bertz CT molecular complexity index is 579. The summed E-state index contributed by atoms with van der Waals surface area (Å²) >= 11 is 0. The molecule has 2 heterocycles. The molecule has 3 rings (SSSR count). The van der Waals surface area contributed by atoms with Crippen LogP contribution in [-0.4, -0.2) is 82.9 Å². The van der Waals surface area contributed by atoms with Crippen LogP contribution in [0.2, 0.25) is 0 Å². The molecule has 9 nitrogen and oxygen atoms in total. The maximum atomic E-state index is 9.96. The van der Waals surface area contributed by atoms with Crippen LogP contribution in [0.3, 0.4) is 0 Å². The summed E-state index contributed by atoms with van der Waals surface area (Å²) in [4.78, 5) is 0. The van der Waals surface area contributed by atoms with Crippen LogP contribution in [0.15, 0.2) is 18.2 Å². The van der Waals surface area contributed by atoms with Gasteiger partial charge in [0.1, 0.15) is 24.4 Å². The lowest BCUT2D eigenvalue weighted by molar-refractivity contribution is -0.302. The zero-order valence-corrected chi connectivity index (χ0v) is 13.4. The van der Waals surface area contributed by atoms with Gasteiger partial charge < -0.3 is 44.5 Å². The lowest BCUT2D eigenvalue weighted by atomic mass is 9.98. The maximum Gasteiger partial charge on any atom is 0.231 e. The molecule has 1 aromatic carbocycles. The average molecular weight is 358 g/mol. The summed E-state index contributed by atoms with van der Waals surface area (Å²) in [6.45, 7) is -0.629.